The van der Waals surface area contributed by atoms with E-state index in [9.17, 15) is 0 Å². The molecule has 0 bridgehead atoms. The minimum Gasteiger partial charge on any atom is -0.313 e. The Balaban J connectivity index is 1.80. The Morgan fingerprint density at radius 1 is 1.24 bits per heavy atom. The van der Waals surface area contributed by atoms with Gasteiger partial charge in [0.2, 0.25) is 0 Å². The van der Waals surface area contributed by atoms with E-state index in [0.717, 1.165) is 6.42 Å². The molecule has 1 aliphatic carbocycles. The van der Waals surface area contributed by atoms with Gasteiger partial charge in [0.15, 0.2) is 0 Å². The summed E-state index contributed by atoms with van der Waals surface area (Å²) in [7, 11) is 0. The van der Waals surface area contributed by atoms with Crippen LogP contribution in [-0.4, -0.2) is 12.6 Å². The maximum atomic E-state index is 3.76. The fourth-order valence-corrected chi connectivity index (χ4v) is 2.61. The predicted octanol–water partition coefficient (Wildman–Crippen LogP) is 3.79. The van der Waals surface area contributed by atoms with Crippen LogP contribution in [0.2, 0.25) is 0 Å². The maximum absolute atomic E-state index is 3.76. The molecule has 0 spiro atoms. The van der Waals surface area contributed by atoms with E-state index in [2.05, 4.69) is 49.5 Å². The van der Waals surface area contributed by atoms with Crippen LogP contribution in [0.3, 0.4) is 0 Å². The molecule has 0 amide bonds. The molecule has 17 heavy (non-hydrogen) atoms. The van der Waals surface area contributed by atoms with Gasteiger partial charge in [0.05, 0.1) is 0 Å². The SMILES string of the molecule is CCC(Cc1ccccc1)NCC1(C)CCC1. The lowest BCUT2D eigenvalue weighted by Crippen LogP contribution is -2.42. The van der Waals surface area contributed by atoms with E-state index in [0.29, 0.717) is 11.5 Å². The van der Waals surface area contributed by atoms with E-state index in [1.165, 1.54) is 37.8 Å². The molecule has 1 aromatic carbocycles. The van der Waals surface area contributed by atoms with E-state index in [1.807, 2.05) is 0 Å². The van der Waals surface area contributed by atoms with Crippen LogP contribution in [0.25, 0.3) is 0 Å². The van der Waals surface area contributed by atoms with E-state index < -0.39 is 0 Å². The van der Waals surface area contributed by atoms with Crippen LogP contribution in [0.4, 0.5) is 0 Å². The third kappa shape index (κ3) is 3.57. The predicted molar refractivity (Wildman–Crippen MR) is 74.2 cm³/mol. The summed E-state index contributed by atoms with van der Waals surface area (Å²) in [5.74, 6) is 0. The van der Waals surface area contributed by atoms with Gasteiger partial charge in [-0.15, -0.1) is 0 Å². The van der Waals surface area contributed by atoms with E-state index >= 15 is 0 Å². The Bertz CT molecular complexity index is 327. The van der Waals surface area contributed by atoms with Gasteiger partial charge in [0.1, 0.15) is 0 Å². The van der Waals surface area contributed by atoms with Gasteiger partial charge in [-0.2, -0.15) is 0 Å². The van der Waals surface area contributed by atoms with Crippen LogP contribution in [0, 0.1) is 5.41 Å². The van der Waals surface area contributed by atoms with Crippen molar-refractivity contribution in [2.45, 2.75) is 52.0 Å². The highest BCUT2D eigenvalue weighted by Gasteiger charge is 2.31. The maximum Gasteiger partial charge on any atom is 0.0105 e. The summed E-state index contributed by atoms with van der Waals surface area (Å²) in [4.78, 5) is 0. The molecule has 0 aromatic heterocycles. The van der Waals surface area contributed by atoms with Gasteiger partial charge in [-0.1, -0.05) is 50.6 Å². The van der Waals surface area contributed by atoms with Crippen molar-refractivity contribution in [2.24, 2.45) is 5.41 Å². The molecule has 1 fully saturated rings. The van der Waals surface area contributed by atoms with Crippen molar-refractivity contribution >= 4 is 0 Å². The first-order chi connectivity index (χ1) is 8.22. The molecular formula is C16H25N. The first-order valence-corrected chi connectivity index (χ1v) is 6.99. The highest BCUT2D eigenvalue weighted by Crippen LogP contribution is 2.39. The topological polar surface area (TPSA) is 12.0 Å². The summed E-state index contributed by atoms with van der Waals surface area (Å²) in [6.45, 7) is 5.89. The van der Waals surface area contributed by atoms with Crippen LogP contribution in [0.1, 0.15) is 45.1 Å². The van der Waals surface area contributed by atoms with Gasteiger partial charge in [-0.25, -0.2) is 0 Å². The van der Waals surface area contributed by atoms with Gasteiger partial charge in [0, 0.05) is 12.6 Å². The van der Waals surface area contributed by atoms with Crippen LogP contribution >= 0.6 is 0 Å². The first-order valence-electron chi connectivity index (χ1n) is 6.99. The molecule has 1 atom stereocenters. The monoisotopic (exact) mass is 231 g/mol. The highest BCUT2D eigenvalue weighted by molar-refractivity contribution is 5.15. The fourth-order valence-electron chi connectivity index (χ4n) is 2.61. The van der Waals surface area contributed by atoms with Crippen molar-refractivity contribution < 1.29 is 0 Å². The molecule has 0 aliphatic heterocycles. The Morgan fingerprint density at radius 2 is 1.94 bits per heavy atom. The minimum absolute atomic E-state index is 0.587. The van der Waals surface area contributed by atoms with E-state index in [4.69, 9.17) is 0 Å². The Kier molecular flexibility index (Phi) is 4.22. The van der Waals surface area contributed by atoms with Crippen molar-refractivity contribution in [1.29, 1.82) is 0 Å². The molecular weight excluding hydrogens is 206 g/mol. The van der Waals surface area contributed by atoms with Crippen molar-refractivity contribution in [1.82, 2.24) is 5.32 Å². The summed E-state index contributed by atoms with van der Waals surface area (Å²) < 4.78 is 0. The van der Waals surface area contributed by atoms with Crippen molar-refractivity contribution in [3.63, 3.8) is 0 Å². The van der Waals surface area contributed by atoms with Crippen LogP contribution < -0.4 is 5.32 Å². The molecule has 0 heterocycles. The van der Waals surface area contributed by atoms with Gasteiger partial charge >= 0.3 is 0 Å². The molecule has 0 saturated heterocycles. The summed E-state index contributed by atoms with van der Waals surface area (Å²) in [5, 5.41) is 3.76. The zero-order valence-electron chi connectivity index (χ0n) is 11.2. The molecule has 1 saturated carbocycles. The number of rotatable bonds is 6. The minimum atomic E-state index is 0.587. The second kappa shape index (κ2) is 5.68. The molecule has 2 rings (SSSR count). The average Bonchev–Trinajstić information content (AvgIpc) is 2.33. The van der Waals surface area contributed by atoms with Crippen molar-refractivity contribution in [2.75, 3.05) is 6.54 Å². The van der Waals surface area contributed by atoms with E-state index in [-0.39, 0.29) is 0 Å². The number of nitrogens with one attached hydrogen (secondary N) is 1. The van der Waals surface area contributed by atoms with Gasteiger partial charge in [-0.3, -0.25) is 0 Å². The molecule has 1 heteroatoms. The lowest BCUT2D eigenvalue weighted by atomic mass is 9.70. The van der Waals surface area contributed by atoms with Crippen LogP contribution in [0.5, 0.6) is 0 Å². The molecule has 0 radical (unpaired) electrons. The Morgan fingerprint density at radius 3 is 2.47 bits per heavy atom. The smallest absolute Gasteiger partial charge is 0.0105 e. The molecule has 1 aliphatic rings. The highest BCUT2D eigenvalue weighted by atomic mass is 14.9. The molecule has 1 aromatic rings. The first kappa shape index (κ1) is 12.6. The zero-order valence-corrected chi connectivity index (χ0v) is 11.2. The van der Waals surface area contributed by atoms with Crippen LogP contribution in [-0.2, 0) is 6.42 Å². The number of hydrogen-bond donors (Lipinski definition) is 1. The summed E-state index contributed by atoms with van der Waals surface area (Å²) in [6.07, 6.45) is 6.61. The van der Waals surface area contributed by atoms with Crippen molar-refractivity contribution in [3.8, 4) is 0 Å². The summed E-state index contributed by atoms with van der Waals surface area (Å²) in [5.41, 5.74) is 2.04. The number of hydrogen-bond acceptors (Lipinski definition) is 1. The van der Waals surface area contributed by atoms with Gasteiger partial charge in [0.25, 0.3) is 0 Å². The van der Waals surface area contributed by atoms with Crippen molar-refractivity contribution in [3.05, 3.63) is 35.9 Å². The lowest BCUT2D eigenvalue weighted by Gasteiger charge is -2.39. The average molecular weight is 231 g/mol. The van der Waals surface area contributed by atoms with Gasteiger partial charge < -0.3 is 5.32 Å². The largest absolute Gasteiger partial charge is 0.313 e. The molecule has 94 valence electrons. The fraction of sp³-hybridized carbons (Fsp3) is 0.625. The third-order valence-corrected chi connectivity index (χ3v) is 4.20. The van der Waals surface area contributed by atoms with Crippen LogP contribution in [0.15, 0.2) is 30.3 Å². The Hall–Kier alpha value is -0.820. The third-order valence-electron chi connectivity index (χ3n) is 4.20. The normalized spacial score (nSPS) is 19.6. The summed E-state index contributed by atoms with van der Waals surface area (Å²) in [6, 6.07) is 11.5. The standard InChI is InChI=1S/C16H25N/c1-3-15(12-14-8-5-4-6-9-14)17-13-16(2)10-7-11-16/h4-6,8-9,15,17H,3,7,10-13H2,1-2H3. The molecule has 1 unspecified atom stereocenters. The zero-order chi connectivity index (χ0) is 12.1. The van der Waals surface area contributed by atoms with Gasteiger partial charge in [-0.05, 0) is 36.7 Å². The molecule has 1 N–H and O–H groups in total. The lowest BCUT2D eigenvalue weighted by molar-refractivity contribution is 0.150. The van der Waals surface area contributed by atoms with E-state index in [1.54, 1.807) is 0 Å². The molecule has 1 nitrogen and oxygen atoms in total. The quantitative estimate of drug-likeness (QED) is 0.785. The number of benzene rings is 1. The summed E-state index contributed by atoms with van der Waals surface area (Å²) >= 11 is 0. The Labute approximate surface area is 106 Å². The second-order valence-corrected chi connectivity index (χ2v) is 5.84. The second-order valence-electron chi connectivity index (χ2n) is 5.84.